The molecule has 0 aromatic rings. The molecule has 1 fully saturated rings. The van der Waals surface area contributed by atoms with E-state index in [1.807, 2.05) is 0 Å². The predicted molar refractivity (Wildman–Crippen MR) is 34.7 cm³/mol. The summed E-state index contributed by atoms with van der Waals surface area (Å²) in [6.07, 6.45) is 1.03. The van der Waals surface area contributed by atoms with Crippen LogP contribution in [0.15, 0.2) is 0 Å². The van der Waals surface area contributed by atoms with E-state index in [1.54, 1.807) is 0 Å². The molecule has 1 rings (SSSR count). The molecule has 0 spiro atoms. The lowest BCUT2D eigenvalue weighted by molar-refractivity contribution is -0.125. The number of hydrogen-bond donors (Lipinski definition) is 2. The van der Waals surface area contributed by atoms with Crippen LogP contribution in [0, 0.1) is 7.05 Å². The fourth-order valence-corrected chi connectivity index (χ4v) is 0.934. The zero-order valence-corrected chi connectivity index (χ0v) is 5.52. The Labute approximate surface area is 59.0 Å². The van der Waals surface area contributed by atoms with Gasteiger partial charge in [-0.05, 0) is 6.42 Å². The van der Waals surface area contributed by atoms with Crippen LogP contribution >= 0.6 is 0 Å². The highest BCUT2D eigenvalue weighted by Crippen LogP contribution is 2.05. The smallest absolute Gasteiger partial charge is 0.242 e. The summed E-state index contributed by atoms with van der Waals surface area (Å²) in [7, 11) is 3.20. The molecule has 2 amide bonds. The van der Waals surface area contributed by atoms with Crippen LogP contribution in [0.4, 0.5) is 0 Å². The van der Waals surface area contributed by atoms with Crippen molar-refractivity contribution >= 4 is 11.8 Å². The van der Waals surface area contributed by atoms with Crippen LogP contribution in [-0.4, -0.2) is 17.9 Å². The first-order valence-corrected chi connectivity index (χ1v) is 3.10. The van der Waals surface area contributed by atoms with Gasteiger partial charge in [-0.3, -0.25) is 9.59 Å². The largest absolute Gasteiger partial charge is 0.353 e. The second-order valence-electron chi connectivity index (χ2n) is 2.20. The average Bonchev–Trinajstić information content (AvgIpc) is 2.34. The Morgan fingerprint density at radius 1 is 1.80 bits per heavy atom. The molecule has 2 N–H and O–H groups in total. The summed E-state index contributed by atoms with van der Waals surface area (Å²) in [6, 6.07) is -0.356. The van der Waals surface area contributed by atoms with Gasteiger partial charge >= 0.3 is 0 Å². The van der Waals surface area contributed by atoms with E-state index >= 15 is 0 Å². The lowest BCUT2D eigenvalue weighted by Crippen LogP contribution is -2.39. The summed E-state index contributed by atoms with van der Waals surface area (Å²) >= 11 is 0. The van der Waals surface area contributed by atoms with Crippen molar-refractivity contribution in [2.24, 2.45) is 0 Å². The molecule has 4 heteroatoms. The Balaban J connectivity index is 2.44. The molecule has 1 aliphatic heterocycles. The van der Waals surface area contributed by atoms with Crippen LogP contribution in [0.25, 0.3) is 0 Å². The first-order chi connectivity index (χ1) is 4.74. The van der Waals surface area contributed by atoms with E-state index in [9.17, 15) is 9.59 Å². The van der Waals surface area contributed by atoms with E-state index < -0.39 is 0 Å². The van der Waals surface area contributed by atoms with Gasteiger partial charge in [0.2, 0.25) is 11.8 Å². The van der Waals surface area contributed by atoms with Crippen molar-refractivity contribution in [3.05, 3.63) is 7.05 Å². The zero-order chi connectivity index (χ0) is 7.56. The number of nitrogens with one attached hydrogen (secondary N) is 2. The summed E-state index contributed by atoms with van der Waals surface area (Å²) < 4.78 is 0. The number of amides is 2. The Morgan fingerprint density at radius 2 is 2.50 bits per heavy atom. The Hall–Kier alpha value is -1.06. The fourth-order valence-electron chi connectivity index (χ4n) is 0.934. The highest BCUT2D eigenvalue weighted by atomic mass is 16.2. The molecule has 0 bridgehead atoms. The SMILES string of the molecule is [CH2]NC(=O)[C@@H]1CCC(=O)N1. The van der Waals surface area contributed by atoms with E-state index in [1.165, 1.54) is 0 Å². The van der Waals surface area contributed by atoms with Gasteiger partial charge in [0.05, 0.1) is 0 Å². The van der Waals surface area contributed by atoms with Crippen molar-refractivity contribution in [3.8, 4) is 0 Å². The van der Waals surface area contributed by atoms with E-state index in [4.69, 9.17) is 0 Å². The van der Waals surface area contributed by atoms with Crippen LogP contribution in [0.5, 0.6) is 0 Å². The molecule has 1 atom stereocenters. The monoisotopic (exact) mass is 141 g/mol. The predicted octanol–water partition coefficient (Wildman–Crippen LogP) is -0.827. The topological polar surface area (TPSA) is 58.2 Å². The number of carbonyl (C=O) groups excluding carboxylic acids is 2. The summed E-state index contributed by atoms with van der Waals surface area (Å²) in [5.41, 5.74) is 0. The molecule has 1 radical (unpaired) electrons. The Kier molecular flexibility index (Phi) is 1.89. The van der Waals surface area contributed by atoms with Gasteiger partial charge in [-0.25, -0.2) is 0 Å². The lowest BCUT2D eigenvalue weighted by Gasteiger charge is -2.05. The second kappa shape index (κ2) is 2.68. The molecular formula is C6H9N2O2. The Morgan fingerprint density at radius 3 is 2.90 bits per heavy atom. The van der Waals surface area contributed by atoms with Crippen molar-refractivity contribution in [1.29, 1.82) is 0 Å². The molecule has 0 aromatic carbocycles. The third-order valence-electron chi connectivity index (χ3n) is 1.49. The van der Waals surface area contributed by atoms with Crippen LogP contribution in [0.3, 0.4) is 0 Å². The van der Waals surface area contributed by atoms with Crippen molar-refractivity contribution in [2.45, 2.75) is 18.9 Å². The van der Waals surface area contributed by atoms with E-state index in [-0.39, 0.29) is 17.9 Å². The van der Waals surface area contributed by atoms with Crippen LogP contribution in [0.2, 0.25) is 0 Å². The molecule has 1 saturated heterocycles. The average molecular weight is 141 g/mol. The maximum atomic E-state index is 10.8. The second-order valence-corrected chi connectivity index (χ2v) is 2.20. The maximum Gasteiger partial charge on any atom is 0.242 e. The zero-order valence-electron chi connectivity index (χ0n) is 5.52. The minimum atomic E-state index is -0.356. The molecule has 1 heterocycles. The van der Waals surface area contributed by atoms with E-state index in [0.29, 0.717) is 12.8 Å². The fraction of sp³-hybridized carbons (Fsp3) is 0.500. The van der Waals surface area contributed by atoms with Gasteiger partial charge in [-0.1, -0.05) is 0 Å². The highest BCUT2D eigenvalue weighted by Gasteiger charge is 2.25. The summed E-state index contributed by atoms with van der Waals surface area (Å²) in [5.74, 6) is -0.278. The third kappa shape index (κ3) is 1.26. The quantitative estimate of drug-likeness (QED) is 0.501. The van der Waals surface area contributed by atoms with Gasteiger partial charge in [-0.15, -0.1) is 0 Å². The van der Waals surface area contributed by atoms with Crippen molar-refractivity contribution in [3.63, 3.8) is 0 Å². The summed E-state index contributed by atoms with van der Waals surface area (Å²) in [4.78, 5) is 21.3. The van der Waals surface area contributed by atoms with Crippen LogP contribution in [-0.2, 0) is 9.59 Å². The molecule has 0 aromatic heterocycles. The lowest BCUT2D eigenvalue weighted by atomic mass is 10.2. The van der Waals surface area contributed by atoms with E-state index in [2.05, 4.69) is 17.7 Å². The van der Waals surface area contributed by atoms with Crippen molar-refractivity contribution in [1.82, 2.24) is 10.6 Å². The van der Waals surface area contributed by atoms with Gasteiger partial charge in [0.15, 0.2) is 0 Å². The van der Waals surface area contributed by atoms with Crippen LogP contribution in [0.1, 0.15) is 12.8 Å². The number of carbonyl (C=O) groups is 2. The first-order valence-electron chi connectivity index (χ1n) is 3.10. The highest BCUT2D eigenvalue weighted by molar-refractivity contribution is 5.90. The molecule has 0 saturated carbocycles. The first kappa shape index (κ1) is 7.05. The molecule has 0 aliphatic carbocycles. The van der Waals surface area contributed by atoms with Crippen LogP contribution < -0.4 is 10.6 Å². The maximum absolute atomic E-state index is 10.8. The van der Waals surface area contributed by atoms with Crippen molar-refractivity contribution < 1.29 is 9.59 Å². The summed E-state index contributed by atoms with van der Waals surface area (Å²) in [5, 5.41) is 4.74. The third-order valence-corrected chi connectivity index (χ3v) is 1.49. The Bertz CT molecular complexity index is 167. The minimum Gasteiger partial charge on any atom is -0.353 e. The molecule has 1 aliphatic rings. The van der Waals surface area contributed by atoms with Gasteiger partial charge in [-0.2, -0.15) is 0 Å². The number of hydrogen-bond acceptors (Lipinski definition) is 2. The summed E-state index contributed by atoms with van der Waals surface area (Å²) in [6.45, 7) is 0. The molecule has 0 unspecified atom stereocenters. The van der Waals surface area contributed by atoms with Gasteiger partial charge < -0.3 is 10.6 Å². The van der Waals surface area contributed by atoms with Crippen molar-refractivity contribution in [2.75, 3.05) is 0 Å². The minimum absolute atomic E-state index is 0.0615. The molecule has 55 valence electrons. The van der Waals surface area contributed by atoms with Gasteiger partial charge in [0.25, 0.3) is 0 Å². The van der Waals surface area contributed by atoms with Gasteiger partial charge in [0, 0.05) is 13.5 Å². The molecule has 4 nitrogen and oxygen atoms in total. The molecule has 10 heavy (non-hydrogen) atoms. The normalized spacial score (nSPS) is 24.1. The standard InChI is InChI=1S/C6H9N2O2/c1-7-6(10)4-2-3-5(9)8-4/h4H,1-3H2,(H,7,10)(H,8,9)/t4-/m0/s1. The van der Waals surface area contributed by atoms with E-state index in [0.717, 1.165) is 0 Å². The number of rotatable bonds is 1. The molecular weight excluding hydrogens is 132 g/mol. The van der Waals surface area contributed by atoms with Gasteiger partial charge in [0.1, 0.15) is 6.04 Å².